The first-order valence-corrected chi connectivity index (χ1v) is 6.28. The van der Waals surface area contributed by atoms with E-state index in [1.54, 1.807) is 24.9 Å². The summed E-state index contributed by atoms with van der Waals surface area (Å²) in [4.78, 5) is 15.7. The highest BCUT2D eigenvalue weighted by molar-refractivity contribution is 7.99. The van der Waals surface area contributed by atoms with E-state index in [0.717, 1.165) is 5.03 Å². The third-order valence-corrected chi connectivity index (χ3v) is 3.37. The Hall–Kier alpha value is -1.07. The fraction of sp³-hybridized carbons (Fsp3) is 0.500. The first kappa shape index (κ1) is 14.0. The second-order valence-corrected chi connectivity index (χ2v) is 5.67. The number of rotatable bonds is 5. The van der Waals surface area contributed by atoms with Crippen LogP contribution in [0.3, 0.4) is 0 Å². The van der Waals surface area contributed by atoms with Crippen LogP contribution in [0.5, 0.6) is 0 Å². The molecule has 17 heavy (non-hydrogen) atoms. The third kappa shape index (κ3) is 4.36. The molecule has 0 saturated heterocycles. The van der Waals surface area contributed by atoms with Gasteiger partial charge in [-0.15, -0.1) is 11.8 Å². The summed E-state index contributed by atoms with van der Waals surface area (Å²) in [5.74, 6) is -0.383. The summed E-state index contributed by atoms with van der Waals surface area (Å²) < 4.78 is 4.68. The molecule has 0 aliphatic carbocycles. The van der Waals surface area contributed by atoms with Gasteiger partial charge in [-0.2, -0.15) is 0 Å². The summed E-state index contributed by atoms with van der Waals surface area (Å²) in [6, 6.07) is 5.74. The molecule has 5 heteroatoms. The van der Waals surface area contributed by atoms with Gasteiger partial charge in [-0.05, 0) is 25.5 Å². The number of methoxy groups -OCH3 is 1. The van der Waals surface area contributed by atoms with E-state index in [-0.39, 0.29) is 11.2 Å². The molecular weight excluding hydrogens is 236 g/mol. The lowest BCUT2D eigenvalue weighted by Gasteiger charge is -2.24. The van der Waals surface area contributed by atoms with Crippen LogP contribution < -0.4 is 5.73 Å². The maximum atomic E-state index is 11.4. The summed E-state index contributed by atoms with van der Waals surface area (Å²) in [6.45, 7) is 3.71. The Kier molecular flexibility index (Phi) is 4.96. The highest BCUT2D eigenvalue weighted by Crippen LogP contribution is 2.26. The zero-order chi connectivity index (χ0) is 12.9. The number of pyridine rings is 1. The minimum Gasteiger partial charge on any atom is -0.468 e. The van der Waals surface area contributed by atoms with Gasteiger partial charge in [0, 0.05) is 11.4 Å². The lowest BCUT2D eigenvalue weighted by molar-refractivity contribution is -0.146. The molecule has 1 aromatic rings. The molecule has 0 aliphatic rings. The van der Waals surface area contributed by atoms with Gasteiger partial charge in [0.05, 0.1) is 12.1 Å². The van der Waals surface area contributed by atoms with Crippen molar-refractivity contribution in [1.82, 2.24) is 4.98 Å². The molecule has 4 nitrogen and oxygen atoms in total. The maximum Gasteiger partial charge on any atom is 0.325 e. The zero-order valence-electron chi connectivity index (χ0n) is 10.3. The average molecular weight is 254 g/mol. The summed E-state index contributed by atoms with van der Waals surface area (Å²) >= 11 is 1.60. The van der Waals surface area contributed by atoms with Crippen LogP contribution in [0.1, 0.15) is 20.3 Å². The van der Waals surface area contributed by atoms with Crippen molar-refractivity contribution in [3.63, 3.8) is 0 Å². The molecule has 0 radical (unpaired) electrons. The number of carbonyl (C=O) groups is 1. The quantitative estimate of drug-likeness (QED) is 0.641. The Morgan fingerprint density at radius 2 is 2.35 bits per heavy atom. The average Bonchev–Trinajstić information content (AvgIpc) is 2.28. The van der Waals surface area contributed by atoms with Crippen molar-refractivity contribution in [3.8, 4) is 0 Å². The van der Waals surface area contributed by atoms with E-state index in [1.165, 1.54) is 7.11 Å². The number of hydrogen-bond donors (Lipinski definition) is 1. The number of aromatic nitrogens is 1. The summed E-state index contributed by atoms with van der Waals surface area (Å²) in [6.07, 6.45) is 2.29. The van der Waals surface area contributed by atoms with Gasteiger partial charge >= 0.3 is 5.97 Å². The van der Waals surface area contributed by atoms with Crippen LogP contribution in [0.25, 0.3) is 0 Å². The van der Waals surface area contributed by atoms with Crippen molar-refractivity contribution in [2.24, 2.45) is 5.73 Å². The molecule has 0 aromatic carbocycles. The number of nitrogens with two attached hydrogens (primary N) is 1. The van der Waals surface area contributed by atoms with Crippen molar-refractivity contribution in [2.45, 2.75) is 36.1 Å². The molecule has 0 aliphatic heterocycles. The van der Waals surface area contributed by atoms with Crippen LogP contribution in [-0.2, 0) is 9.53 Å². The number of thioether (sulfide) groups is 1. The van der Waals surface area contributed by atoms with Gasteiger partial charge in [0.25, 0.3) is 0 Å². The Morgan fingerprint density at radius 1 is 1.65 bits per heavy atom. The molecule has 0 bridgehead atoms. The van der Waals surface area contributed by atoms with Crippen molar-refractivity contribution in [2.75, 3.05) is 7.11 Å². The molecule has 1 aromatic heterocycles. The predicted molar refractivity (Wildman–Crippen MR) is 68.8 cm³/mol. The Labute approximate surface area is 106 Å². The molecule has 2 N–H and O–H groups in total. The third-order valence-electron chi connectivity index (χ3n) is 2.32. The van der Waals surface area contributed by atoms with Gasteiger partial charge in [0.1, 0.15) is 5.54 Å². The van der Waals surface area contributed by atoms with Crippen LogP contribution in [0.2, 0.25) is 0 Å². The van der Waals surface area contributed by atoms with E-state index < -0.39 is 5.54 Å². The van der Waals surface area contributed by atoms with Crippen LogP contribution in [0.15, 0.2) is 29.4 Å². The van der Waals surface area contributed by atoms with Crippen LogP contribution in [0.4, 0.5) is 0 Å². The van der Waals surface area contributed by atoms with Crippen LogP contribution in [-0.4, -0.2) is 28.9 Å². The van der Waals surface area contributed by atoms with Gasteiger partial charge in [-0.1, -0.05) is 13.0 Å². The monoisotopic (exact) mass is 254 g/mol. The van der Waals surface area contributed by atoms with E-state index in [0.29, 0.717) is 6.42 Å². The molecule has 0 spiro atoms. The first-order chi connectivity index (χ1) is 7.95. The van der Waals surface area contributed by atoms with Crippen molar-refractivity contribution in [3.05, 3.63) is 24.4 Å². The van der Waals surface area contributed by atoms with Gasteiger partial charge < -0.3 is 10.5 Å². The van der Waals surface area contributed by atoms with Gasteiger partial charge in [0.2, 0.25) is 0 Å². The topological polar surface area (TPSA) is 65.2 Å². The standard InChI is InChI=1S/C12H18N2O2S/c1-9(8-12(2,13)11(15)16-3)17-10-6-4-5-7-14-10/h4-7,9H,8,13H2,1-3H3. The molecule has 0 saturated carbocycles. The minimum atomic E-state index is -0.948. The second kappa shape index (κ2) is 6.02. The summed E-state index contributed by atoms with van der Waals surface area (Å²) in [5.41, 5.74) is 4.97. The normalized spacial score (nSPS) is 16.0. The largest absolute Gasteiger partial charge is 0.468 e. The molecule has 1 rings (SSSR count). The summed E-state index contributed by atoms with van der Waals surface area (Å²) in [7, 11) is 1.35. The molecule has 0 fully saturated rings. The van der Waals surface area contributed by atoms with E-state index in [2.05, 4.69) is 9.72 Å². The smallest absolute Gasteiger partial charge is 0.325 e. The predicted octanol–water partition coefficient (Wildman–Crippen LogP) is 1.84. The van der Waals surface area contributed by atoms with E-state index >= 15 is 0 Å². The van der Waals surface area contributed by atoms with E-state index in [9.17, 15) is 4.79 Å². The number of hydrogen-bond acceptors (Lipinski definition) is 5. The number of nitrogens with zero attached hydrogens (tertiary/aromatic N) is 1. The van der Waals surface area contributed by atoms with Crippen molar-refractivity contribution in [1.29, 1.82) is 0 Å². The van der Waals surface area contributed by atoms with Gasteiger partial charge in [0.15, 0.2) is 0 Å². The number of ether oxygens (including phenoxy) is 1. The lowest BCUT2D eigenvalue weighted by Crippen LogP contribution is -2.47. The summed E-state index contributed by atoms with van der Waals surface area (Å²) in [5, 5.41) is 1.12. The highest BCUT2D eigenvalue weighted by Gasteiger charge is 2.31. The van der Waals surface area contributed by atoms with Crippen molar-refractivity contribution >= 4 is 17.7 Å². The number of carbonyl (C=O) groups excluding carboxylic acids is 1. The number of esters is 1. The molecule has 2 atom stereocenters. The highest BCUT2D eigenvalue weighted by atomic mass is 32.2. The molecule has 0 amide bonds. The molecule has 94 valence electrons. The minimum absolute atomic E-state index is 0.194. The first-order valence-electron chi connectivity index (χ1n) is 5.40. The van der Waals surface area contributed by atoms with Gasteiger partial charge in [-0.3, -0.25) is 4.79 Å². The van der Waals surface area contributed by atoms with Gasteiger partial charge in [-0.25, -0.2) is 4.98 Å². The van der Waals surface area contributed by atoms with Crippen molar-refractivity contribution < 1.29 is 9.53 Å². The fourth-order valence-electron chi connectivity index (χ4n) is 1.58. The lowest BCUT2D eigenvalue weighted by atomic mass is 9.98. The molecule has 2 unspecified atom stereocenters. The van der Waals surface area contributed by atoms with Crippen LogP contribution in [0, 0.1) is 0 Å². The van der Waals surface area contributed by atoms with E-state index in [1.807, 2.05) is 25.1 Å². The SMILES string of the molecule is COC(=O)C(C)(N)CC(C)Sc1ccccn1. The maximum absolute atomic E-state index is 11.4. The van der Waals surface area contributed by atoms with E-state index in [4.69, 9.17) is 5.73 Å². The molecular formula is C12H18N2O2S. The second-order valence-electron chi connectivity index (χ2n) is 4.21. The Balaban J connectivity index is 2.55. The zero-order valence-corrected chi connectivity index (χ0v) is 11.2. The Bertz CT molecular complexity index is 368. The Morgan fingerprint density at radius 3 is 2.88 bits per heavy atom. The van der Waals surface area contributed by atoms with Crippen LogP contribution >= 0.6 is 11.8 Å². The fourth-order valence-corrected chi connectivity index (χ4v) is 2.70. The molecule has 1 heterocycles.